The highest BCUT2D eigenvalue weighted by Gasteiger charge is 2.48. The Morgan fingerprint density at radius 1 is 0.825 bits per heavy atom. The Balaban J connectivity index is 0.822. The van der Waals surface area contributed by atoms with E-state index in [4.69, 9.17) is 9.26 Å². The van der Waals surface area contributed by atoms with Gasteiger partial charge in [-0.05, 0) is 95.3 Å². The maximum Gasteiger partial charge on any atom is 0.489 e. The quantitative estimate of drug-likeness (QED) is 0.0148. The Morgan fingerprint density at radius 3 is 2.15 bits per heavy atom. The second-order valence-corrected chi connectivity index (χ2v) is 28.1. The molecule has 1 fully saturated rings. The number of fused-ring (bicyclic) bond motifs is 3. The number of anilines is 1. The van der Waals surface area contributed by atoms with Crippen LogP contribution in [0.5, 0.6) is 0 Å². The fourth-order valence-corrected chi connectivity index (χ4v) is 14.8. The minimum Gasteiger partial charge on any atom is -0.387 e. The predicted octanol–water partition coefficient (Wildman–Crippen LogP) is 5.76. The molecule has 0 saturated carbocycles. The van der Waals surface area contributed by atoms with Crippen molar-refractivity contribution < 1.29 is 91.8 Å². The summed E-state index contributed by atoms with van der Waals surface area (Å²) < 4.78 is 128. The molecule has 4 aromatic rings. The van der Waals surface area contributed by atoms with Crippen LogP contribution in [-0.4, -0.2) is 138 Å². The Hall–Kier alpha value is -4.48. The van der Waals surface area contributed by atoms with Gasteiger partial charge in [-0.2, -0.15) is 30.0 Å². The van der Waals surface area contributed by atoms with E-state index in [0.717, 1.165) is 28.3 Å². The summed E-state index contributed by atoms with van der Waals surface area (Å²) in [7, 11) is -25.3. The third-order valence-electron chi connectivity index (χ3n) is 14.1. The number of aliphatic hydroxyl groups is 2. The number of nitrogens with one attached hydrogen (secondary N) is 2. The number of imidazole rings is 1. The molecule has 3 aliphatic heterocycles. The highest BCUT2D eigenvalue weighted by atomic mass is 32.2. The Kier molecular flexibility index (Phi) is 19.5. The van der Waals surface area contributed by atoms with Crippen LogP contribution in [0.4, 0.5) is 11.4 Å². The van der Waals surface area contributed by atoms with Gasteiger partial charge in [0.25, 0.3) is 20.2 Å². The fraction of sp³-hybridized carbons (Fsp3) is 0.521. The number of rotatable bonds is 27. The van der Waals surface area contributed by atoms with Crippen LogP contribution in [0.25, 0.3) is 11.2 Å². The van der Waals surface area contributed by atoms with Crippen molar-refractivity contribution in [2.75, 3.05) is 37.7 Å². The first-order valence-electron chi connectivity index (χ1n) is 25.6. The number of amides is 1. The zero-order valence-electron chi connectivity index (χ0n) is 44.7. The third kappa shape index (κ3) is 14.6. The molecule has 0 aliphatic carbocycles. The number of aryl methyl sites for hydroxylation is 1. The smallest absolute Gasteiger partial charge is 0.387 e. The lowest BCUT2D eigenvalue weighted by Crippen LogP contribution is -2.33. The first kappa shape index (κ1) is 63.1. The molecule has 80 heavy (non-hydrogen) atoms. The van der Waals surface area contributed by atoms with E-state index in [1.807, 2.05) is 52.8 Å². The van der Waals surface area contributed by atoms with Gasteiger partial charge >= 0.3 is 23.4 Å². The topological polar surface area (TPSA) is 389 Å². The second-order valence-electron chi connectivity index (χ2n) is 20.5. The van der Waals surface area contributed by atoms with Crippen LogP contribution in [0.3, 0.4) is 0 Å². The van der Waals surface area contributed by atoms with Gasteiger partial charge in [0.05, 0.1) is 33.8 Å². The van der Waals surface area contributed by atoms with E-state index in [-0.39, 0.29) is 40.7 Å². The number of carbonyl (C=O) groups is 1. The fourth-order valence-electron chi connectivity index (χ4n) is 10.1. The molecule has 7 atom stereocenters. The summed E-state index contributed by atoms with van der Waals surface area (Å²) in [4.78, 5) is 57.0. The average Bonchev–Trinajstić information content (AvgIpc) is 4.24. The minimum absolute atomic E-state index is 0.151. The van der Waals surface area contributed by atoms with Crippen LogP contribution >= 0.6 is 23.4 Å². The zero-order valence-corrected chi connectivity index (χ0v) is 49.0. The number of carbonyl (C=O) groups excluding carboxylic acids is 1. The SMILES string of the molecule is CCN1C(=CC=CC2=[N+](CCCCCC(=O)NCCCCCCNP(=O)(O)OP(=O)(O)OP(=O)(O)OC[C@H]3O[C@@H](n4cnc5c(C)ncnc54)[C@H](O)[C@@H]3O)c3ccc(S(=O)(=O)O)cc3C2(C)C)C(C)(C)c2cc(S(=O)(=O)O)ccc21. The summed E-state index contributed by atoms with van der Waals surface area (Å²) in [5.41, 5.74) is 4.62. The number of hydrogen-bond donors (Lipinski definition) is 9. The van der Waals surface area contributed by atoms with Gasteiger partial charge in [0.15, 0.2) is 17.6 Å². The molecule has 3 aliphatic rings. The van der Waals surface area contributed by atoms with Crippen LogP contribution in [0.2, 0.25) is 0 Å². The lowest BCUT2D eigenvalue weighted by atomic mass is 9.81. The van der Waals surface area contributed by atoms with Crippen molar-refractivity contribution in [2.45, 2.75) is 138 Å². The molecule has 3 unspecified atom stereocenters. The van der Waals surface area contributed by atoms with Crippen molar-refractivity contribution in [2.24, 2.45) is 0 Å². The second kappa shape index (κ2) is 24.8. The highest BCUT2D eigenvalue weighted by Crippen LogP contribution is 2.66. The van der Waals surface area contributed by atoms with Gasteiger partial charge in [-0.15, -0.1) is 0 Å². The first-order valence-corrected chi connectivity index (χ1v) is 33.0. The number of phosphoric acid groups is 2. The van der Waals surface area contributed by atoms with E-state index in [0.29, 0.717) is 74.9 Å². The number of nitrogens with zero attached hydrogens (tertiary/aromatic N) is 6. The molecule has 1 saturated heterocycles. The van der Waals surface area contributed by atoms with E-state index in [1.54, 1.807) is 19.1 Å². The third-order valence-corrected chi connectivity index (χ3v) is 20.3. The average molecular weight is 1220 g/mol. The number of ether oxygens (including phenoxy) is 1. The molecule has 5 heterocycles. The van der Waals surface area contributed by atoms with Gasteiger partial charge in [0.1, 0.15) is 36.7 Å². The zero-order chi connectivity index (χ0) is 58.8. The number of phosphoric ester groups is 1. The van der Waals surface area contributed by atoms with Crippen molar-refractivity contribution in [3.63, 3.8) is 0 Å². The summed E-state index contributed by atoms with van der Waals surface area (Å²) >= 11 is 0. The summed E-state index contributed by atoms with van der Waals surface area (Å²) in [5, 5.41) is 26.1. The number of hydrogen-bond acceptors (Lipinski definition) is 18. The Labute approximate surface area is 463 Å². The van der Waals surface area contributed by atoms with E-state index in [9.17, 15) is 69.3 Å². The molecule has 0 spiro atoms. The molecule has 9 N–H and O–H groups in total. The Bertz CT molecular complexity index is 3460. The van der Waals surface area contributed by atoms with Gasteiger partial charge in [0.2, 0.25) is 11.6 Å². The van der Waals surface area contributed by atoms with E-state index in [2.05, 4.69) is 43.5 Å². The minimum atomic E-state index is -5.74. The summed E-state index contributed by atoms with van der Waals surface area (Å²) in [6, 6.07) is 9.06. The van der Waals surface area contributed by atoms with Crippen LogP contribution in [0.15, 0.2) is 82.8 Å². The van der Waals surface area contributed by atoms with Crippen LogP contribution < -0.4 is 15.3 Å². The summed E-state index contributed by atoms with van der Waals surface area (Å²) in [6.07, 6.45) is 6.50. The lowest BCUT2D eigenvalue weighted by molar-refractivity contribution is -0.438. The number of aromatic nitrogens is 4. The van der Waals surface area contributed by atoms with Crippen molar-refractivity contribution in [3.05, 3.63) is 89.8 Å². The van der Waals surface area contributed by atoms with Crippen molar-refractivity contribution in [1.82, 2.24) is 29.9 Å². The van der Waals surface area contributed by atoms with Crippen LogP contribution in [-0.2, 0) is 67.4 Å². The number of benzene rings is 2. The van der Waals surface area contributed by atoms with Crippen LogP contribution in [0, 0.1) is 6.92 Å². The van der Waals surface area contributed by atoms with Gasteiger partial charge in [-0.25, -0.2) is 33.7 Å². The maximum atomic E-state index is 12.7. The van der Waals surface area contributed by atoms with E-state index >= 15 is 0 Å². The molecule has 2 aromatic heterocycles. The molecule has 0 bridgehead atoms. The van der Waals surface area contributed by atoms with Crippen molar-refractivity contribution >= 4 is 77.8 Å². The molecule has 2 aromatic carbocycles. The molecule has 0 radical (unpaired) electrons. The normalized spacial score (nSPS) is 22.7. The largest absolute Gasteiger partial charge is 0.489 e. The van der Waals surface area contributed by atoms with Crippen LogP contribution in [0.1, 0.15) is 109 Å². The molecule has 1 amide bonds. The number of aliphatic hydroxyl groups excluding tert-OH is 2. The van der Waals surface area contributed by atoms with Crippen molar-refractivity contribution in [1.29, 1.82) is 0 Å². The maximum absolute atomic E-state index is 12.7. The molecule has 27 nitrogen and oxygen atoms in total. The monoisotopic (exact) mass is 1220 g/mol. The summed E-state index contributed by atoms with van der Waals surface area (Å²) in [5.74, 6) is -0.151. The van der Waals surface area contributed by atoms with Crippen molar-refractivity contribution in [3.8, 4) is 0 Å². The summed E-state index contributed by atoms with van der Waals surface area (Å²) in [6.45, 7) is 11.9. The highest BCUT2D eigenvalue weighted by molar-refractivity contribution is 7.86. The molecule has 440 valence electrons. The number of allylic oxidation sites excluding steroid dienone is 4. The standard InChI is InChI=1S/C48H67N8O19P3S2/c1-7-54-36-21-19-32(79(66,67)68)26-34(36)47(3,4)39(54)16-15-17-40-48(5,6)35-27-33(80(69,70)71)20-22-37(35)55(40)25-14-10-11-18-41(57)49-23-12-8-9-13-24-53-76(60,61)74-78(64,65)75-77(62,63)72-28-38-43(58)44(59)46(73-38)56-30-52-42-31(2)50-29-51-45(42)56/h15-17,19-22,26-27,29-30,38,43-44,46,58-59H,7-14,18,23-25,28H2,1-6H3,(H6-,49,53,57,60,61,62,63,64,65,66,67,68,69,70,71)/p+1/t38-,43-,44-,46-/m1/s1. The molecule has 32 heteroatoms. The predicted molar refractivity (Wildman–Crippen MR) is 290 cm³/mol. The van der Waals surface area contributed by atoms with Gasteiger partial charge in [-0.1, -0.05) is 32.8 Å². The van der Waals surface area contributed by atoms with E-state index in [1.165, 1.54) is 41.5 Å². The molecule has 7 rings (SSSR count). The van der Waals surface area contributed by atoms with Gasteiger partial charge in [0, 0.05) is 67.0 Å². The molecular formula is C48H68N8O19P3S2+. The molecular weight excluding hydrogens is 1150 g/mol. The van der Waals surface area contributed by atoms with Gasteiger partial charge < -0.3 is 39.8 Å². The Morgan fingerprint density at radius 2 is 1.48 bits per heavy atom. The first-order chi connectivity index (χ1) is 37.3. The number of likely N-dealkylation sites (N-methyl/N-ethyl adjacent to an activating group) is 1. The lowest BCUT2D eigenvalue weighted by Gasteiger charge is -2.25. The van der Waals surface area contributed by atoms with E-state index < -0.39 is 85.6 Å². The van der Waals surface area contributed by atoms with Gasteiger partial charge in [-0.3, -0.25) is 23.0 Å². The number of unbranched alkanes of at least 4 members (excludes halogenated alkanes) is 5.